The minimum absolute atomic E-state index is 0.0677. The van der Waals surface area contributed by atoms with Gasteiger partial charge in [-0.2, -0.15) is 0 Å². The summed E-state index contributed by atoms with van der Waals surface area (Å²) in [5.74, 6) is 0. The molecule has 2 rings (SSSR count). The number of likely N-dealkylation sites (tertiary alicyclic amines) is 1. The van der Waals surface area contributed by atoms with E-state index in [-0.39, 0.29) is 18.7 Å². The molecule has 1 atom stereocenters. The molecule has 20 heavy (non-hydrogen) atoms. The van der Waals surface area contributed by atoms with Crippen LogP contribution in [0.3, 0.4) is 0 Å². The maximum Gasteiger partial charge on any atom is 0.410 e. The highest BCUT2D eigenvalue weighted by Gasteiger charge is 2.32. The normalized spacial score (nSPS) is 19.4. The molecular weight excluding hydrogens is 260 g/mol. The average molecular weight is 282 g/mol. The number of aliphatic hydroxyl groups is 1. The van der Waals surface area contributed by atoms with Crippen LogP contribution in [0.25, 0.3) is 0 Å². The Balaban J connectivity index is 1.98. The topological polar surface area (TPSA) is 80.5 Å². The van der Waals surface area contributed by atoms with Crippen molar-refractivity contribution >= 4 is 6.09 Å². The van der Waals surface area contributed by atoms with Crippen molar-refractivity contribution in [2.75, 3.05) is 6.54 Å². The zero-order valence-corrected chi connectivity index (χ0v) is 12.2. The second-order valence-corrected chi connectivity index (χ2v) is 6.06. The van der Waals surface area contributed by atoms with Crippen LogP contribution in [0, 0.1) is 0 Å². The van der Waals surface area contributed by atoms with E-state index in [1.807, 2.05) is 20.8 Å². The lowest BCUT2D eigenvalue weighted by molar-refractivity contribution is 0.0211. The van der Waals surface area contributed by atoms with Crippen molar-refractivity contribution in [3.05, 3.63) is 11.9 Å². The molecule has 0 radical (unpaired) electrons. The highest BCUT2D eigenvalue weighted by molar-refractivity contribution is 5.68. The second-order valence-electron chi connectivity index (χ2n) is 6.06. The quantitative estimate of drug-likeness (QED) is 0.900. The fourth-order valence-electron chi connectivity index (χ4n) is 2.30. The van der Waals surface area contributed by atoms with Gasteiger partial charge in [-0.15, -0.1) is 5.10 Å². The van der Waals surface area contributed by atoms with Gasteiger partial charge in [-0.25, -0.2) is 4.79 Å². The summed E-state index contributed by atoms with van der Waals surface area (Å²) >= 11 is 0. The van der Waals surface area contributed by atoms with Crippen molar-refractivity contribution < 1.29 is 14.6 Å². The molecule has 1 fully saturated rings. The Morgan fingerprint density at radius 1 is 1.55 bits per heavy atom. The first kappa shape index (κ1) is 14.8. The van der Waals surface area contributed by atoms with E-state index in [4.69, 9.17) is 9.84 Å². The SMILES string of the molecule is CC(C)(C)OC(=O)N1CCCC1Cn1cc(CO)nn1. The maximum atomic E-state index is 12.1. The fourth-order valence-corrected chi connectivity index (χ4v) is 2.30. The smallest absolute Gasteiger partial charge is 0.410 e. The third-order valence-corrected chi connectivity index (χ3v) is 3.15. The van der Waals surface area contributed by atoms with Crippen LogP contribution in [-0.2, 0) is 17.9 Å². The van der Waals surface area contributed by atoms with Crippen LogP contribution >= 0.6 is 0 Å². The summed E-state index contributed by atoms with van der Waals surface area (Å²) < 4.78 is 7.08. The fraction of sp³-hybridized carbons (Fsp3) is 0.769. The largest absolute Gasteiger partial charge is 0.444 e. The second kappa shape index (κ2) is 5.78. The highest BCUT2D eigenvalue weighted by atomic mass is 16.6. The molecule has 1 amide bonds. The van der Waals surface area contributed by atoms with Gasteiger partial charge in [0.25, 0.3) is 0 Å². The standard InChI is InChI=1S/C13H22N4O3/c1-13(2,3)20-12(19)17-6-4-5-11(17)8-16-7-10(9-18)14-15-16/h7,11,18H,4-6,8-9H2,1-3H3. The molecule has 1 aromatic heterocycles. The van der Waals surface area contributed by atoms with Gasteiger partial charge in [-0.05, 0) is 33.6 Å². The summed E-state index contributed by atoms with van der Waals surface area (Å²) in [6, 6.07) is 0.0677. The first-order chi connectivity index (χ1) is 9.39. The van der Waals surface area contributed by atoms with Gasteiger partial charge >= 0.3 is 6.09 Å². The molecule has 7 heteroatoms. The first-order valence-corrected chi connectivity index (χ1v) is 6.88. The van der Waals surface area contributed by atoms with E-state index >= 15 is 0 Å². The van der Waals surface area contributed by atoms with Crippen LogP contribution in [0.2, 0.25) is 0 Å². The molecule has 0 spiro atoms. The number of amides is 1. The minimum atomic E-state index is -0.485. The molecular formula is C13H22N4O3. The van der Waals surface area contributed by atoms with E-state index in [0.717, 1.165) is 12.8 Å². The zero-order valence-electron chi connectivity index (χ0n) is 12.2. The first-order valence-electron chi connectivity index (χ1n) is 6.88. The van der Waals surface area contributed by atoms with Crippen LogP contribution in [0.1, 0.15) is 39.3 Å². The zero-order chi connectivity index (χ0) is 14.8. The van der Waals surface area contributed by atoms with E-state index in [1.54, 1.807) is 15.8 Å². The Morgan fingerprint density at radius 2 is 2.30 bits per heavy atom. The molecule has 112 valence electrons. The lowest BCUT2D eigenvalue weighted by Gasteiger charge is -2.28. The van der Waals surface area contributed by atoms with Crippen molar-refractivity contribution in [2.24, 2.45) is 0 Å². The van der Waals surface area contributed by atoms with E-state index in [2.05, 4.69) is 10.3 Å². The van der Waals surface area contributed by atoms with Gasteiger partial charge in [0.15, 0.2) is 0 Å². The predicted molar refractivity (Wildman–Crippen MR) is 71.9 cm³/mol. The molecule has 0 aliphatic carbocycles. The van der Waals surface area contributed by atoms with Crippen LogP contribution in [0.5, 0.6) is 0 Å². The number of hydrogen-bond donors (Lipinski definition) is 1. The summed E-state index contributed by atoms with van der Waals surface area (Å²) in [5, 5.41) is 16.8. The van der Waals surface area contributed by atoms with Crippen LogP contribution in [0.15, 0.2) is 6.20 Å². The lowest BCUT2D eigenvalue weighted by Crippen LogP contribution is -2.41. The molecule has 2 heterocycles. The molecule has 1 N–H and O–H groups in total. The number of nitrogens with zero attached hydrogens (tertiary/aromatic N) is 4. The molecule has 0 saturated carbocycles. The van der Waals surface area contributed by atoms with Crippen LogP contribution < -0.4 is 0 Å². The molecule has 1 aromatic rings. The van der Waals surface area contributed by atoms with Gasteiger partial charge in [0.1, 0.15) is 11.3 Å². The van der Waals surface area contributed by atoms with Gasteiger partial charge in [0, 0.05) is 6.54 Å². The van der Waals surface area contributed by atoms with Crippen molar-refractivity contribution in [1.29, 1.82) is 0 Å². The Hall–Kier alpha value is -1.63. The third kappa shape index (κ3) is 3.69. The van der Waals surface area contributed by atoms with Crippen molar-refractivity contribution in [3.8, 4) is 0 Å². The number of aliphatic hydroxyl groups excluding tert-OH is 1. The Bertz CT molecular complexity index is 466. The summed E-state index contributed by atoms with van der Waals surface area (Å²) in [4.78, 5) is 13.9. The van der Waals surface area contributed by atoms with E-state index < -0.39 is 5.60 Å². The maximum absolute atomic E-state index is 12.1. The minimum Gasteiger partial charge on any atom is -0.444 e. The number of hydrogen-bond acceptors (Lipinski definition) is 5. The van der Waals surface area contributed by atoms with E-state index in [9.17, 15) is 4.79 Å². The monoisotopic (exact) mass is 282 g/mol. The Morgan fingerprint density at radius 3 is 2.90 bits per heavy atom. The van der Waals surface area contributed by atoms with Gasteiger partial charge in [0.2, 0.25) is 0 Å². The molecule has 1 aliphatic heterocycles. The van der Waals surface area contributed by atoms with E-state index in [1.165, 1.54) is 0 Å². The number of ether oxygens (including phenoxy) is 1. The summed E-state index contributed by atoms with van der Waals surface area (Å²) in [6.07, 6.45) is 3.31. The van der Waals surface area contributed by atoms with E-state index in [0.29, 0.717) is 18.8 Å². The summed E-state index contributed by atoms with van der Waals surface area (Å²) in [7, 11) is 0. The van der Waals surface area contributed by atoms with Gasteiger partial charge in [0.05, 0.1) is 25.4 Å². The molecule has 7 nitrogen and oxygen atoms in total. The lowest BCUT2D eigenvalue weighted by atomic mass is 10.2. The van der Waals surface area contributed by atoms with Gasteiger partial charge < -0.3 is 14.7 Å². The van der Waals surface area contributed by atoms with Gasteiger partial charge in [-0.1, -0.05) is 5.21 Å². The summed E-state index contributed by atoms with van der Waals surface area (Å²) in [5.41, 5.74) is 0.0495. The van der Waals surface area contributed by atoms with Crippen LogP contribution in [0.4, 0.5) is 4.79 Å². The number of rotatable bonds is 3. The molecule has 0 bridgehead atoms. The molecule has 0 aromatic carbocycles. The number of aromatic nitrogens is 3. The molecule has 1 unspecified atom stereocenters. The van der Waals surface area contributed by atoms with Crippen molar-refractivity contribution in [3.63, 3.8) is 0 Å². The Labute approximate surface area is 118 Å². The highest BCUT2D eigenvalue weighted by Crippen LogP contribution is 2.21. The van der Waals surface area contributed by atoms with Crippen LogP contribution in [-0.4, -0.2) is 49.3 Å². The summed E-state index contributed by atoms with van der Waals surface area (Å²) in [6.45, 7) is 6.75. The van der Waals surface area contributed by atoms with Crippen molar-refractivity contribution in [1.82, 2.24) is 19.9 Å². The number of carbonyl (C=O) groups excluding carboxylic acids is 1. The molecule has 1 saturated heterocycles. The average Bonchev–Trinajstić information content (AvgIpc) is 2.96. The van der Waals surface area contributed by atoms with Crippen molar-refractivity contribution in [2.45, 2.75) is 58.4 Å². The Kier molecular flexibility index (Phi) is 4.27. The van der Waals surface area contributed by atoms with Gasteiger partial charge in [-0.3, -0.25) is 4.68 Å². The molecule has 1 aliphatic rings. The number of carbonyl (C=O) groups is 1. The predicted octanol–water partition coefficient (Wildman–Crippen LogP) is 1.17. The third-order valence-electron chi connectivity index (χ3n) is 3.15.